The zero-order valence-electron chi connectivity index (χ0n) is 10.4. The van der Waals surface area contributed by atoms with E-state index in [4.69, 9.17) is 0 Å². The molecule has 0 aliphatic carbocycles. The Kier molecular flexibility index (Phi) is 3.10. The molecular formula is C13H15N3O2S. The molecule has 3 rings (SSSR count). The van der Waals surface area contributed by atoms with Crippen molar-refractivity contribution in [1.29, 1.82) is 0 Å². The summed E-state index contributed by atoms with van der Waals surface area (Å²) in [5, 5.41) is 4.32. The molecule has 0 unspecified atom stereocenters. The summed E-state index contributed by atoms with van der Waals surface area (Å²) in [5.74, 6) is 1.30. The number of aromatic nitrogens is 2. The fraction of sp³-hybridized carbons (Fsp3) is 0.385. The van der Waals surface area contributed by atoms with E-state index in [2.05, 4.69) is 15.3 Å². The van der Waals surface area contributed by atoms with Crippen molar-refractivity contribution in [1.82, 2.24) is 9.97 Å². The van der Waals surface area contributed by atoms with Gasteiger partial charge in [-0.15, -0.1) is 0 Å². The Bertz CT molecular complexity index is 681. The predicted octanol–water partition coefficient (Wildman–Crippen LogP) is 1.62. The van der Waals surface area contributed by atoms with Crippen molar-refractivity contribution >= 4 is 26.6 Å². The van der Waals surface area contributed by atoms with Crippen molar-refractivity contribution < 1.29 is 8.42 Å². The van der Waals surface area contributed by atoms with E-state index in [9.17, 15) is 8.42 Å². The largest absolute Gasteiger partial charge is 0.367 e. The third kappa shape index (κ3) is 2.68. The number of hydrogen-bond acceptors (Lipinski definition) is 5. The molecule has 6 heteroatoms. The zero-order valence-corrected chi connectivity index (χ0v) is 11.2. The van der Waals surface area contributed by atoms with Crippen molar-refractivity contribution in [3.8, 4) is 0 Å². The van der Waals surface area contributed by atoms with E-state index >= 15 is 0 Å². The Morgan fingerprint density at radius 2 is 1.84 bits per heavy atom. The Labute approximate surface area is 112 Å². The highest BCUT2D eigenvalue weighted by atomic mass is 32.2. The predicted molar refractivity (Wildman–Crippen MR) is 74.8 cm³/mol. The lowest BCUT2D eigenvalue weighted by Gasteiger charge is -2.23. The zero-order chi connectivity index (χ0) is 13.3. The molecule has 1 saturated heterocycles. The number of hydrogen-bond donors (Lipinski definition) is 1. The Hall–Kier alpha value is -1.69. The lowest BCUT2D eigenvalue weighted by Crippen LogP contribution is -2.32. The third-order valence-electron chi connectivity index (χ3n) is 3.44. The maximum atomic E-state index is 11.4. The first kappa shape index (κ1) is 12.3. The van der Waals surface area contributed by atoms with Gasteiger partial charge in [0.2, 0.25) is 0 Å². The van der Waals surface area contributed by atoms with E-state index in [-0.39, 0.29) is 17.5 Å². The topological polar surface area (TPSA) is 72.0 Å². The molecule has 0 spiro atoms. The van der Waals surface area contributed by atoms with Gasteiger partial charge in [-0.25, -0.2) is 18.4 Å². The molecule has 5 nitrogen and oxygen atoms in total. The van der Waals surface area contributed by atoms with Gasteiger partial charge in [0.05, 0.1) is 17.0 Å². The van der Waals surface area contributed by atoms with Crippen LogP contribution in [0.3, 0.4) is 0 Å². The highest BCUT2D eigenvalue weighted by Gasteiger charge is 2.23. The van der Waals surface area contributed by atoms with Gasteiger partial charge in [0, 0.05) is 11.4 Å². The van der Waals surface area contributed by atoms with Crippen LogP contribution in [0.2, 0.25) is 0 Å². The van der Waals surface area contributed by atoms with Gasteiger partial charge in [-0.1, -0.05) is 12.1 Å². The Balaban J connectivity index is 1.83. The molecule has 0 bridgehead atoms. The minimum atomic E-state index is -2.82. The van der Waals surface area contributed by atoms with Crippen LogP contribution >= 0.6 is 0 Å². The average molecular weight is 277 g/mol. The molecule has 1 N–H and O–H groups in total. The second-order valence-electron chi connectivity index (χ2n) is 4.81. The van der Waals surface area contributed by atoms with Gasteiger partial charge in [0.15, 0.2) is 0 Å². The van der Waals surface area contributed by atoms with Crippen molar-refractivity contribution in [3.63, 3.8) is 0 Å². The van der Waals surface area contributed by atoms with Crippen molar-refractivity contribution in [3.05, 3.63) is 30.6 Å². The third-order valence-corrected chi connectivity index (χ3v) is 5.15. The number of sulfone groups is 1. The monoisotopic (exact) mass is 277 g/mol. The molecule has 100 valence electrons. The molecule has 0 amide bonds. The number of nitrogens with zero attached hydrogens (tertiary/aromatic N) is 2. The summed E-state index contributed by atoms with van der Waals surface area (Å²) in [5.41, 5.74) is 0.892. The summed E-state index contributed by atoms with van der Waals surface area (Å²) >= 11 is 0. The van der Waals surface area contributed by atoms with Gasteiger partial charge in [-0.05, 0) is 25.0 Å². The van der Waals surface area contributed by atoms with Gasteiger partial charge in [0.1, 0.15) is 22.0 Å². The summed E-state index contributed by atoms with van der Waals surface area (Å²) in [7, 11) is -2.82. The van der Waals surface area contributed by atoms with E-state index in [1.807, 2.05) is 24.3 Å². The number of rotatable bonds is 2. The summed E-state index contributed by atoms with van der Waals surface area (Å²) in [6.07, 6.45) is 2.81. The first-order valence-electron chi connectivity index (χ1n) is 6.31. The van der Waals surface area contributed by atoms with Gasteiger partial charge in [0.25, 0.3) is 0 Å². The van der Waals surface area contributed by atoms with Crippen LogP contribution in [0.15, 0.2) is 30.6 Å². The van der Waals surface area contributed by atoms with Crippen LogP contribution in [0, 0.1) is 0 Å². The molecule has 1 aliphatic rings. The van der Waals surface area contributed by atoms with E-state index < -0.39 is 9.84 Å². The number of para-hydroxylation sites is 1. The first-order valence-corrected chi connectivity index (χ1v) is 8.13. The van der Waals surface area contributed by atoms with E-state index in [0.29, 0.717) is 12.8 Å². The highest BCUT2D eigenvalue weighted by molar-refractivity contribution is 7.91. The van der Waals surface area contributed by atoms with Gasteiger partial charge >= 0.3 is 0 Å². The second kappa shape index (κ2) is 4.77. The molecule has 0 saturated carbocycles. The van der Waals surface area contributed by atoms with Crippen LogP contribution in [0.25, 0.3) is 10.9 Å². The molecule has 0 radical (unpaired) electrons. The second-order valence-corrected chi connectivity index (χ2v) is 7.11. The van der Waals surface area contributed by atoms with Crippen LogP contribution in [0.1, 0.15) is 12.8 Å². The fourth-order valence-electron chi connectivity index (χ4n) is 2.35. The summed E-state index contributed by atoms with van der Waals surface area (Å²) in [4.78, 5) is 8.48. The smallest absolute Gasteiger partial charge is 0.150 e. The molecule has 1 aromatic heterocycles. The van der Waals surface area contributed by atoms with Crippen molar-refractivity contribution in [2.75, 3.05) is 16.8 Å². The summed E-state index contributed by atoms with van der Waals surface area (Å²) in [6.45, 7) is 0. The highest BCUT2D eigenvalue weighted by Crippen LogP contribution is 2.22. The lowest BCUT2D eigenvalue weighted by molar-refractivity contribution is 0.559. The van der Waals surface area contributed by atoms with E-state index in [1.54, 1.807) is 0 Å². The van der Waals surface area contributed by atoms with Gasteiger partial charge < -0.3 is 5.32 Å². The Morgan fingerprint density at radius 3 is 2.63 bits per heavy atom. The van der Waals surface area contributed by atoms with Crippen LogP contribution in [-0.2, 0) is 9.84 Å². The van der Waals surface area contributed by atoms with Gasteiger partial charge in [-0.3, -0.25) is 0 Å². The maximum absolute atomic E-state index is 11.4. The number of fused-ring (bicyclic) bond motifs is 1. The number of benzene rings is 1. The minimum absolute atomic E-state index is 0.168. The summed E-state index contributed by atoms with van der Waals surface area (Å²) < 4.78 is 22.8. The molecule has 1 aliphatic heterocycles. The standard InChI is InChI=1S/C13H15N3O2S/c17-19(18)7-5-10(6-8-19)16-13-11-3-1-2-4-12(11)14-9-15-13/h1-4,9-10H,5-8H2,(H,14,15,16). The number of anilines is 1. The molecule has 19 heavy (non-hydrogen) atoms. The Morgan fingerprint density at radius 1 is 1.11 bits per heavy atom. The van der Waals surface area contributed by atoms with Gasteiger partial charge in [-0.2, -0.15) is 0 Å². The van der Waals surface area contributed by atoms with E-state index in [0.717, 1.165) is 16.7 Å². The normalized spacial score (nSPS) is 19.4. The molecule has 2 aromatic rings. The fourth-order valence-corrected chi connectivity index (χ4v) is 3.84. The van der Waals surface area contributed by atoms with Crippen LogP contribution < -0.4 is 5.32 Å². The summed E-state index contributed by atoms with van der Waals surface area (Å²) in [6, 6.07) is 7.96. The molecule has 2 heterocycles. The van der Waals surface area contributed by atoms with Crippen LogP contribution in [-0.4, -0.2) is 35.9 Å². The lowest BCUT2D eigenvalue weighted by atomic mass is 10.1. The van der Waals surface area contributed by atoms with Crippen molar-refractivity contribution in [2.24, 2.45) is 0 Å². The maximum Gasteiger partial charge on any atom is 0.150 e. The SMILES string of the molecule is O=S1(=O)CCC(Nc2ncnc3ccccc23)CC1. The van der Waals surface area contributed by atoms with Crippen LogP contribution in [0.5, 0.6) is 0 Å². The quantitative estimate of drug-likeness (QED) is 0.903. The minimum Gasteiger partial charge on any atom is -0.367 e. The molecule has 1 aromatic carbocycles. The van der Waals surface area contributed by atoms with Crippen molar-refractivity contribution in [2.45, 2.75) is 18.9 Å². The van der Waals surface area contributed by atoms with E-state index in [1.165, 1.54) is 6.33 Å². The molecule has 1 fully saturated rings. The first-order chi connectivity index (χ1) is 9.14. The van der Waals surface area contributed by atoms with Crippen LogP contribution in [0.4, 0.5) is 5.82 Å². The molecule has 0 atom stereocenters. The number of nitrogens with one attached hydrogen (secondary N) is 1. The average Bonchev–Trinajstić information content (AvgIpc) is 2.42. The molecular weight excluding hydrogens is 262 g/mol.